The molecule has 116 valence electrons. The van der Waals surface area contributed by atoms with Crippen molar-refractivity contribution in [2.75, 3.05) is 12.3 Å². The molecule has 2 rings (SSSR count). The van der Waals surface area contributed by atoms with Crippen molar-refractivity contribution in [3.05, 3.63) is 29.8 Å². The summed E-state index contributed by atoms with van der Waals surface area (Å²) in [5.41, 5.74) is 7.07. The van der Waals surface area contributed by atoms with Gasteiger partial charge in [0, 0.05) is 29.2 Å². The maximum atomic E-state index is 12.0. The predicted molar refractivity (Wildman–Crippen MR) is 86.2 cm³/mol. The SMILES string of the molecule is Cc1ccc(SCCNC(=O)[C@H]2CC[C@@H](O)[C@H](N)C2)cc1. The van der Waals surface area contributed by atoms with Crippen molar-refractivity contribution < 1.29 is 9.90 Å². The minimum absolute atomic E-state index is 0.0484. The van der Waals surface area contributed by atoms with Gasteiger partial charge in [0.15, 0.2) is 0 Å². The molecule has 4 N–H and O–H groups in total. The molecule has 1 aromatic rings. The molecule has 4 nitrogen and oxygen atoms in total. The molecule has 1 saturated carbocycles. The molecule has 0 aliphatic heterocycles. The fourth-order valence-electron chi connectivity index (χ4n) is 2.55. The number of nitrogens with two attached hydrogens (primary N) is 1. The number of benzene rings is 1. The van der Waals surface area contributed by atoms with Crippen molar-refractivity contribution in [3.63, 3.8) is 0 Å². The largest absolute Gasteiger partial charge is 0.392 e. The van der Waals surface area contributed by atoms with Crippen LogP contribution in [-0.4, -0.2) is 35.5 Å². The third-order valence-corrected chi connectivity index (χ3v) is 4.94. The van der Waals surface area contributed by atoms with Crippen molar-refractivity contribution in [2.24, 2.45) is 11.7 Å². The fourth-order valence-corrected chi connectivity index (χ4v) is 3.32. The first-order valence-electron chi connectivity index (χ1n) is 7.47. The average Bonchev–Trinajstić information content (AvgIpc) is 2.48. The molecule has 21 heavy (non-hydrogen) atoms. The van der Waals surface area contributed by atoms with Crippen molar-refractivity contribution in [1.29, 1.82) is 0 Å². The lowest BCUT2D eigenvalue weighted by molar-refractivity contribution is -0.126. The first kappa shape index (κ1) is 16.3. The van der Waals surface area contributed by atoms with E-state index in [2.05, 4.69) is 36.5 Å². The Morgan fingerprint density at radius 2 is 2.10 bits per heavy atom. The van der Waals surface area contributed by atoms with Crippen LogP contribution in [0.2, 0.25) is 0 Å². The molecule has 0 saturated heterocycles. The highest BCUT2D eigenvalue weighted by molar-refractivity contribution is 7.99. The number of hydrogen-bond acceptors (Lipinski definition) is 4. The van der Waals surface area contributed by atoms with E-state index in [1.54, 1.807) is 11.8 Å². The molecule has 1 aliphatic rings. The van der Waals surface area contributed by atoms with Crippen LogP contribution in [0.1, 0.15) is 24.8 Å². The van der Waals surface area contributed by atoms with Crippen molar-refractivity contribution in [2.45, 2.75) is 43.2 Å². The summed E-state index contributed by atoms with van der Waals surface area (Å²) in [5.74, 6) is 0.880. The predicted octanol–water partition coefficient (Wildman–Crippen LogP) is 1.69. The van der Waals surface area contributed by atoms with E-state index in [1.807, 2.05) is 0 Å². The molecule has 1 amide bonds. The zero-order valence-corrected chi connectivity index (χ0v) is 13.2. The lowest BCUT2D eigenvalue weighted by Crippen LogP contribution is -2.45. The molecule has 1 fully saturated rings. The minimum Gasteiger partial charge on any atom is -0.392 e. The van der Waals surface area contributed by atoms with Crippen LogP contribution >= 0.6 is 11.8 Å². The van der Waals surface area contributed by atoms with Gasteiger partial charge in [-0.25, -0.2) is 0 Å². The number of carbonyl (C=O) groups is 1. The summed E-state index contributed by atoms with van der Waals surface area (Å²) in [4.78, 5) is 13.3. The maximum Gasteiger partial charge on any atom is 0.223 e. The lowest BCUT2D eigenvalue weighted by Gasteiger charge is -2.29. The van der Waals surface area contributed by atoms with E-state index in [4.69, 9.17) is 5.73 Å². The zero-order valence-electron chi connectivity index (χ0n) is 12.4. The number of aliphatic hydroxyl groups excluding tert-OH is 1. The third-order valence-electron chi connectivity index (χ3n) is 3.92. The van der Waals surface area contributed by atoms with Gasteiger partial charge in [0.25, 0.3) is 0 Å². The second-order valence-electron chi connectivity index (χ2n) is 5.69. The van der Waals surface area contributed by atoms with Gasteiger partial charge in [0.1, 0.15) is 0 Å². The number of aliphatic hydroxyl groups is 1. The van der Waals surface area contributed by atoms with Gasteiger partial charge in [0.2, 0.25) is 5.91 Å². The Kier molecular flexibility index (Phi) is 6.08. The number of aryl methyl sites for hydroxylation is 1. The van der Waals surface area contributed by atoms with E-state index in [0.29, 0.717) is 19.4 Å². The van der Waals surface area contributed by atoms with Crippen LogP contribution in [0.15, 0.2) is 29.2 Å². The van der Waals surface area contributed by atoms with Gasteiger partial charge in [-0.15, -0.1) is 11.8 Å². The smallest absolute Gasteiger partial charge is 0.223 e. The van der Waals surface area contributed by atoms with Crippen molar-refractivity contribution >= 4 is 17.7 Å². The molecule has 1 aliphatic carbocycles. The van der Waals surface area contributed by atoms with E-state index >= 15 is 0 Å². The van der Waals surface area contributed by atoms with Gasteiger partial charge in [-0.3, -0.25) is 4.79 Å². The van der Waals surface area contributed by atoms with Gasteiger partial charge in [-0.2, -0.15) is 0 Å². The highest BCUT2D eigenvalue weighted by atomic mass is 32.2. The summed E-state index contributed by atoms with van der Waals surface area (Å²) in [6.07, 6.45) is 1.48. The first-order chi connectivity index (χ1) is 10.1. The van der Waals surface area contributed by atoms with Crippen LogP contribution in [0, 0.1) is 12.8 Å². The highest BCUT2D eigenvalue weighted by Crippen LogP contribution is 2.24. The molecule has 0 unspecified atom stereocenters. The van der Waals surface area contributed by atoms with Crippen LogP contribution in [0.5, 0.6) is 0 Å². The van der Waals surface area contributed by atoms with E-state index in [9.17, 15) is 9.90 Å². The third kappa shape index (κ3) is 5.02. The molecule has 0 bridgehead atoms. The maximum absolute atomic E-state index is 12.0. The summed E-state index contributed by atoms with van der Waals surface area (Å²) in [6.45, 7) is 2.73. The van der Waals surface area contributed by atoms with E-state index < -0.39 is 6.10 Å². The number of carbonyl (C=O) groups excluding carboxylic acids is 1. The Morgan fingerprint density at radius 1 is 1.38 bits per heavy atom. The average molecular weight is 308 g/mol. The Balaban J connectivity index is 1.66. The highest BCUT2D eigenvalue weighted by Gasteiger charge is 2.30. The summed E-state index contributed by atoms with van der Waals surface area (Å²) >= 11 is 1.74. The molecule has 0 aromatic heterocycles. The van der Waals surface area contributed by atoms with Crippen LogP contribution in [-0.2, 0) is 4.79 Å². The summed E-state index contributed by atoms with van der Waals surface area (Å²) in [5, 5.41) is 12.5. The topological polar surface area (TPSA) is 75.3 Å². The summed E-state index contributed by atoms with van der Waals surface area (Å²) in [7, 11) is 0. The normalized spacial score (nSPS) is 25.6. The molecule has 3 atom stereocenters. The van der Waals surface area contributed by atoms with Crippen LogP contribution in [0.3, 0.4) is 0 Å². The molecule has 1 aromatic carbocycles. The van der Waals surface area contributed by atoms with Gasteiger partial charge in [0.05, 0.1) is 6.10 Å². The molecule has 5 heteroatoms. The first-order valence-corrected chi connectivity index (χ1v) is 8.45. The number of thioether (sulfide) groups is 1. The van der Waals surface area contributed by atoms with Crippen molar-refractivity contribution in [1.82, 2.24) is 5.32 Å². The van der Waals surface area contributed by atoms with Gasteiger partial charge < -0.3 is 16.2 Å². The Labute approximate surface area is 130 Å². The molecule has 0 heterocycles. The molecular weight excluding hydrogens is 284 g/mol. The zero-order chi connectivity index (χ0) is 15.2. The van der Waals surface area contributed by atoms with Gasteiger partial charge >= 0.3 is 0 Å². The summed E-state index contributed by atoms with van der Waals surface area (Å²) in [6, 6.07) is 8.12. The second kappa shape index (κ2) is 7.82. The summed E-state index contributed by atoms with van der Waals surface area (Å²) < 4.78 is 0. The van der Waals surface area contributed by atoms with Crippen LogP contribution < -0.4 is 11.1 Å². The Hall–Kier alpha value is -1.04. The monoisotopic (exact) mass is 308 g/mol. The van der Waals surface area contributed by atoms with Crippen molar-refractivity contribution in [3.8, 4) is 0 Å². The van der Waals surface area contributed by atoms with Crippen LogP contribution in [0.4, 0.5) is 0 Å². The number of hydrogen-bond donors (Lipinski definition) is 3. The number of rotatable bonds is 5. The second-order valence-corrected chi connectivity index (χ2v) is 6.86. The standard InChI is InChI=1S/C16H24N2O2S/c1-11-2-5-13(6-3-11)21-9-8-18-16(20)12-4-7-15(19)14(17)10-12/h2-3,5-6,12,14-15,19H,4,7-10,17H2,1H3,(H,18,20)/t12-,14+,15+/m0/s1. The molecular formula is C16H24N2O2S. The van der Waals surface area contributed by atoms with E-state index in [1.165, 1.54) is 10.5 Å². The van der Waals surface area contributed by atoms with E-state index in [-0.39, 0.29) is 17.9 Å². The Morgan fingerprint density at radius 3 is 2.76 bits per heavy atom. The van der Waals surface area contributed by atoms with Crippen LogP contribution in [0.25, 0.3) is 0 Å². The molecule has 0 radical (unpaired) electrons. The molecule has 0 spiro atoms. The van der Waals surface area contributed by atoms with Gasteiger partial charge in [-0.05, 0) is 38.3 Å². The lowest BCUT2D eigenvalue weighted by atomic mass is 9.84. The fraction of sp³-hybridized carbons (Fsp3) is 0.562. The van der Waals surface area contributed by atoms with E-state index in [0.717, 1.165) is 12.2 Å². The Bertz CT molecular complexity index is 464. The number of nitrogens with one attached hydrogen (secondary N) is 1. The number of amides is 1. The minimum atomic E-state index is -0.453. The van der Waals surface area contributed by atoms with Gasteiger partial charge in [-0.1, -0.05) is 17.7 Å². The quantitative estimate of drug-likeness (QED) is 0.571.